The minimum atomic E-state index is 1.18. The van der Waals surface area contributed by atoms with Gasteiger partial charge in [-0.2, -0.15) is 0 Å². The van der Waals surface area contributed by atoms with Gasteiger partial charge in [0.05, 0.1) is 0 Å². The molecule has 2 heterocycles. The number of thiophene rings is 1. The Bertz CT molecular complexity index is 2110. The number of aromatic amines is 1. The first-order valence-corrected chi connectivity index (χ1v) is 13.1. The van der Waals surface area contributed by atoms with E-state index in [0.29, 0.717) is 0 Å². The van der Waals surface area contributed by atoms with Crippen molar-refractivity contribution >= 4 is 64.1 Å². The molecular weight excluding hydrogens is 454 g/mol. The van der Waals surface area contributed by atoms with Gasteiger partial charge in [-0.05, 0) is 57.3 Å². The molecule has 1 N–H and O–H groups in total. The van der Waals surface area contributed by atoms with Crippen LogP contribution >= 0.6 is 11.3 Å². The molecule has 0 saturated heterocycles. The van der Waals surface area contributed by atoms with Crippen molar-refractivity contribution in [3.05, 3.63) is 121 Å². The van der Waals surface area contributed by atoms with Gasteiger partial charge >= 0.3 is 0 Å². The maximum atomic E-state index is 3.56. The van der Waals surface area contributed by atoms with Gasteiger partial charge in [-0.15, -0.1) is 11.3 Å². The van der Waals surface area contributed by atoms with Crippen molar-refractivity contribution in [1.29, 1.82) is 0 Å². The molecule has 0 unspecified atom stereocenters. The molecule has 0 radical (unpaired) electrons. The van der Waals surface area contributed by atoms with Crippen molar-refractivity contribution in [1.82, 2.24) is 4.98 Å². The van der Waals surface area contributed by atoms with Crippen LogP contribution in [0.2, 0.25) is 0 Å². The van der Waals surface area contributed by atoms with Crippen molar-refractivity contribution < 1.29 is 0 Å². The predicted molar refractivity (Wildman–Crippen MR) is 157 cm³/mol. The highest BCUT2D eigenvalue weighted by atomic mass is 32.1. The summed E-state index contributed by atoms with van der Waals surface area (Å²) in [6.45, 7) is 0. The molecule has 0 bridgehead atoms. The second-order valence-electron chi connectivity index (χ2n) is 9.46. The number of hydrogen-bond donors (Lipinski definition) is 1. The summed E-state index contributed by atoms with van der Waals surface area (Å²) >= 11 is 1.91. The van der Waals surface area contributed by atoms with Gasteiger partial charge in [0.25, 0.3) is 0 Å². The lowest BCUT2D eigenvalue weighted by Gasteiger charge is -2.05. The highest BCUT2D eigenvalue weighted by Crippen LogP contribution is 2.44. The van der Waals surface area contributed by atoms with Crippen LogP contribution in [0.3, 0.4) is 0 Å². The fraction of sp³-hybridized carbons (Fsp3) is 0. The first-order chi connectivity index (χ1) is 17.8. The van der Waals surface area contributed by atoms with E-state index in [4.69, 9.17) is 0 Å². The van der Waals surface area contributed by atoms with Gasteiger partial charge < -0.3 is 4.98 Å². The van der Waals surface area contributed by atoms with Gasteiger partial charge in [-0.25, -0.2) is 0 Å². The minimum Gasteiger partial charge on any atom is -0.355 e. The van der Waals surface area contributed by atoms with Crippen LogP contribution in [0.15, 0.2) is 121 Å². The largest absolute Gasteiger partial charge is 0.355 e. The Balaban J connectivity index is 1.37. The number of hydrogen-bond acceptors (Lipinski definition) is 1. The molecule has 2 heteroatoms. The second-order valence-corrected chi connectivity index (χ2v) is 10.5. The van der Waals surface area contributed by atoms with Crippen LogP contribution in [-0.4, -0.2) is 4.98 Å². The third-order valence-electron chi connectivity index (χ3n) is 7.40. The zero-order valence-electron chi connectivity index (χ0n) is 19.5. The third kappa shape index (κ3) is 2.89. The number of nitrogens with one attached hydrogen (secondary N) is 1. The Kier molecular flexibility index (Phi) is 4.16. The molecule has 0 fully saturated rings. The van der Waals surface area contributed by atoms with Crippen molar-refractivity contribution in [3.63, 3.8) is 0 Å². The molecule has 0 aliphatic rings. The Morgan fingerprint density at radius 2 is 1.03 bits per heavy atom. The molecule has 1 nitrogen and oxygen atoms in total. The Morgan fingerprint density at radius 3 is 1.83 bits per heavy atom. The summed E-state index contributed by atoms with van der Waals surface area (Å²) in [5, 5.41) is 7.76. The Labute approximate surface area is 212 Å². The molecule has 8 rings (SSSR count). The Morgan fingerprint density at radius 1 is 0.417 bits per heavy atom. The number of H-pyrrole nitrogens is 1. The van der Waals surface area contributed by atoms with Crippen molar-refractivity contribution in [3.8, 4) is 22.3 Å². The molecule has 0 amide bonds. The van der Waals surface area contributed by atoms with Crippen molar-refractivity contribution in [2.24, 2.45) is 0 Å². The quantitative estimate of drug-likeness (QED) is 0.256. The normalized spacial score (nSPS) is 11.9. The second kappa shape index (κ2) is 7.55. The van der Waals surface area contributed by atoms with Crippen LogP contribution in [0.5, 0.6) is 0 Å². The average molecular weight is 476 g/mol. The van der Waals surface area contributed by atoms with E-state index < -0.39 is 0 Å². The molecule has 0 spiro atoms. The predicted octanol–water partition coefficient (Wildman–Crippen LogP) is 10.2. The standard InChI is InChI=1S/C34H21NS/c1-2-8-22-19-23(16-15-21(22)7-1)25-10-5-12-28-29-13-6-11-26(34(29)36-33(25)28)24-17-18-32-30(20-24)27-9-3-4-14-31(27)35-32/h1-20,35H. The highest BCUT2D eigenvalue weighted by Gasteiger charge is 2.15. The summed E-state index contributed by atoms with van der Waals surface area (Å²) in [6.07, 6.45) is 0. The van der Waals surface area contributed by atoms with Gasteiger partial charge in [-0.3, -0.25) is 0 Å². The minimum absolute atomic E-state index is 1.18. The maximum absolute atomic E-state index is 3.56. The molecule has 168 valence electrons. The van der Waals surface area contributed by atoms with Crippen LogP contribution in [0.1, 0.15) is 0 Å². The zero-order valence-corrected chi connectivity index (χ0v) is 20.3. The molecule has 0 atom stereocenters. The Hall–Kier alpha value is -4.40. The lowest BCUT2D eigenvalue weighted by molar-refractivity contribution is 1.55. The fourth-order valence-corrected chi connectivity index (χ4v) is 7.02. The number of para-hydroxylation sites is 1. The summed E-state index contributed by atoms with van der Waals surface area (Å²) in [6, 6.07) is 44.2. The highest BCUT2D eigenvalue weighted by molar-refractivity contribution is 7.26. The van der Waals surface area contributed by atoms with Crippen LogP contribution in [-0.2, 0) is 0 Å². The summed E-state index contributed by atoms with van der Waals surface area (Å²) in [7, 11) is 0. The molecule has 8 aromatic rings. The summed E-state index contributed by atoms with van der Waals surface area (Å²) in [5.74, 6) is 0. The molecule has 36 heavy (non-hydrogen) atoms. The monoisotopic (exact) mass is 475 g/mol. The summed E-state index contributed by atoms with van der Waals surface area (Å²) < 4.78 is 2.70. The smallest absolute Gasteiger partial charge is 0.0465 e. The van der Waals surface area contributed by atoms with Crippen LogP contribution in [0.4, 0.5) is 0 Å². The third-order valence-corrected chi connectivity index (χ3v) is 8.69. The zero-order chi connectivity index (χ0) is 23.6. The van der Waals surface area contributed by atoms with Crippen molar-refractivity contribution in [2.45, 2.75) is 0 Å². The number of rotatable bonds is 2. The van der Waals surface area contributed by atoms with Crippen LogP contribution < -0.4 is 0 Å². The molecule has 2 aromatic heterocycles. The summed E-state index contributed by atoms with van der Waals surface area (Å²) in [4.78, 5) is 3.56. The van der Waals surface area contributed by atoms with E-state index in [1.807, 2.05) is 11.3 Å². The molecule has 0 saturated carbocycles. The van der Waals surface area contributed by atoms with E-state index in [9.17, 15) is 0 Å². The van der Waals surface area contributed by atoms with E-state index in [-0.39, 0.29) is 0 Å². The van der Waals surface area contributed by atoms with E-state index in [1.165, 1.54) is 75.0 Å². The van der Waals surface area contributed by atoms with Crippen LogP contribution in [0.25, 0.3) is 75.0 Å². The number of aromatic nitrogens is 1. The molecule has 6 aromatic carbocycles. The number of fused-ring (bicyclic) bond motifs is 7. The van der Waals surface area contributed by atoms with Gasteiger partial charge in [0.1, 0.15) is 0 Å². The first-order valence-electron chi connectivity index (χ1n) is 12.3. The summed E-state index contributed by atoms with van der Waals surface area (Å²) in [5.41, 5.74) is 7.50. The van der Waals surface area contributed by atoms with Crippen LogP contribution in [0, 0.1) is 0 Å². The van der Waals surface area contributed by atoms with E-state index in [1.54, 1.807) is 0 Å². The molecule has 0 aliphatic carbocycles. The fourth-order valence-electron chi connectivity index (χ4n) is 5.65. The van der Waals surface area contributed by atoms with E-state index in [0.717, 1.165) is 0 Å². The lowest BCUT2D eigenvalue weighted by atomic mass is 9.98. The number of benzene rings is 6. The van der Waals surface area contributed by atoms with Gasteiger partial charge in [0.15, 0.2) is 0 Å². The van der Waals surface area contributed by atoms with Gasteiger partial charge in [0, 0.05) is 42.0 Å². The van der Waals surface area contributed by atoms with Crippen molar-refractivity contribution in [2.75, 3.05) is 0 Å². The molecule has 0 aliphatic heterocycles. The average Bonchev–Trinajstić information content (AvgIpc) is 3.51. The lowest BCUT2D eigenvalue weighted by Crippen LogP contribution is -1.80. The first kappa shape index (κ1) is 19.9. The maximum Gasteiger partial charge on any atom is 0.0465 e. The molecular formula is C34H21NS. The topological polar surface area (TPSA) is 15.8 Å². The SMILES string of the molecule is c1ccc2cc(-c3cccc4c3sc3c(-c5ccc6[nH]c7ccccc7c6c5)cccc34)ccc2c1. The van der Waals surface area contributed by atoms with E-state index in [2.05, 4.69) is 126 Å². The van der Waals surface area contributed by atoms with Gasteiger partial charge in [-0.1, -0.05) is 97.1 Å². The van der Waals surface area contributed by atoms with E-state index >= 15 is 0 Å². The van der Waals surface area contributed by atoms with Gasteiger partial charge in [0.2, 0.25) is 0 Å².